The van der Waals surface area contributed by atoms with E-state index in [2.05, 4.69) is 5.32 Å². The zero-order valence-corrected chi connectivity index (χ0v) is 10.2. The lowest BCUT2D eigenvalue weighted by Crippen LogP contribution is -2.26. The molecule has 0 spiro atoms. The number of hydrogen-bond donors (Lipinski definition) is 2. The Kier molecular flexibility index (Phi) is 6.84. The first kappa shape index (κ1) is 16.3. The molecule has 0 aliphatic carbocycles. The van der Waals surface area contributed by atoms with Crippen LogP contribution in [-0.2, 0) is 0 Å². The summed E-state index contributed by atoms with van der Waals surface area (Å²) in [5.41, 5.74) is 4.53. The Hall–Kier alpha value is -1.73. The fraction of sp³-hybridized carbons (Fsp3) is 0.300. The largest absolute Gasteiger partial charge is 0.352 e. The molecule has 8 heteroatoms. The number of halogens is 2. The van der Waals surface area contributed by atoms with Gasteiger partial charge in [0.2, 0.25) is 0 Å². The lowest BCUT2D eigenvalue weighted by molar-refractivity contribution is -0.385. The molecule has 0 aliphatic rings. The van der Waals surface area contributed by atoms with Crippen molar-refractivity contribution in [1.82, 2.24) is 5.32 Å². The maximum absolute atomic E-state index is 12.9. The minimum atomic E-state index is -0.725. The monoisotopic (exact) mass is 277 g/mol. The molecule has 0 radical (unpaired) electrons. The normalized spacial score (nSPS) is 9.44. The van der Waals surface area contributed by atoms with Gasteiger partial charge >= 0.3 is 0 Å². The summed E-state index contributed by atoms with van der Waals surface area (Å²) in [4.78, 5) is 21.5. The molecule has 0 unspecified atom stereocenters. The van der Waals surface area contributed by atoms with E-state index in [0.717, 1.165) is 18.2 Å². The van der Waals surface area contributed by atoms with Gasteiger partial charge in [0.25, 0.3) is 11.6 Å². The molecule has 6 nitrogen and oxygen atoms in total. The van der Waals surface area contributed by atoms with E-state index >= 15 is 0 Å². The fourth-order valence-electron chi connectivity index (χ4n) is 1.25. The number of nitrogens with one attached hydrogen (secondary N) is 1. The van der Waals surface area contributed by atoms with Crippen LogP contribution >= 0.6 is 12.4 Å². The van der Waals surface area contributed by atoms with Crippen molar-refractivity contribution in [1.29, 1.82) is 0 Å². The third-order valence-corrected chi connectivity index (χ3v) is 2.07. The molecule has 1 amide bonds. The fourth-order valence-corrected chi connectivity index (χ4v) is 1.25. The van der Waals surface area contributed by atoms with Gasteiger partial charge < -0.3 is 11.1 Å². The number of amides is 1. The number of nitro benzene ring substituents is 1. The van der Waals surface area contributed by atoms with E-state index in [1.54, 1.807) is 0 Å². The van der Waals surface area contributed by atoms with Crippen LogP contribution in [0.25, 0.3) is 0 Å². The van der Waals surface area contributed by atoms with Crippen molar-refractivity contribution in [2.24, 2.45) is 5.73 Å². The molecule has 0 fully saturated rings. The SMILES string of the molecule is Cl.NCCCNC(=O)c1cc(F)ccc1[N+](=O)[O-]. The van der Waals surface area contributed by atoms with E-state index in [-0.39, 0.29) is 18.0 Å². The number of nitro groups is 1. The predicted molar refractivity (Wildman–Crippen MR) is 66.3 cm³/mol. The summed E-state index contributed by atoms with van der Waals surface area (Å²) in [6.07, 6.45) is 0.550. The number of nitrogens with two attached hydrogens (primary N) is 1. The third kappa shape index (κ3) is 4.27. The smallest absolute Gasteiger partial charge is 0.282 e. The second kappa shape index (κ2) is 7.57. The highest BCUT2D eigenvalue weighted by Gasteiger charge is 2.20. The zero-order valence-electron chi connectivity index (χ0n) is 9.39. The number of hydrogen-bond acceptors (Lipinski definition) is 4. The van der Waals surface area contributed by atoms with E-state index in [4.69, 9.17) is 5.73 Å². The van der Waals surface area contributed by atoms with Crippen molar-refractivity contribution in [3.05, 3.63) is 39.7 Å². The van der Waals surface area contributed by atoms with Crippen LogP contribution in [0, 0.1) is 15.9 Å². The first-order valence-corrected chi connectivity index (χ1v) is 4.98. The predicted octanol–water partition coefficient (Wildman–Crippen LogP) is 1.23. The van der Waals surface area contributed by atoms with E-state index in [9.17, 15) is 19.3 Å². The van der Waals surface area contributed by atoms with Crippen LogP contribution in [0.2, 0.25) is 0 Å². The van der Waals surface area contributed by atoms with Gasteiger partial charge in [-0.2, -0.15) is 0 Å². The minimum Gasteiger partial charge on any atom is -0.352 e. The molecule has 0 aliphatic heterocycles. The molecule has 1 aromatic carbocycles. The van der Waals surface area contributed by atoms with Gasteiger partial charge in [-0.25, -0.2) is 4.39 Å². The first-order valence-electron chi connectivity index (χ1n) is 4.98. The number of carbonyl (C=O) groups excluding carboxylic acids is 1. The van der Waals surface area contributed by atoms with Gasteiger partial charge in [-0.05, 0) is 25.1 Å². The van der Waals surface area contributed by atoms with Crippen LogP contribution in [0.15, 0.2) is 18.2 Å². The van der Waals surface area contributed by atoms with Crippen molar-refractivity contribution in [3.63, 3.8) is 0 Å². The molecule has 0 bridgehead atoms. The zero-order chi connectivity index (χ0) is 12.8. The molecule has 0 saturated carbocycles. The second-order valence-electron chi connectivity index (χ2n) is 3.32. The Labute approximate surface area is 109 Å². The Morgan fingerprint density at radius 3 is 2.72 bits per heavy atom. The average Bonchev–Trinajstić information content (AvgIpc) is 2.28. The topological polar surface area (TPSA) is 98.3 Å². The van der Waals surface area contributed by atoms with E-state index in [1.165, 1.54) is 0 Å². The summed E-state index contributed by atoms with van der Waals surface area (Å²) in [7, 11) is 0. The summed E-state index contributed by atoms with van der Waals surface area (Å²) in [5.74, 6) is -1.37. The Balaban J connectivity index is 0.00000289. The molecule has 3 N–H and O–H groups in total. The summed E-state index contributed by atoms with van der Waals surface area (Å²) >= 11 is 0. The van der Waals surface area contributed by atoms with Crippen molar-refractivity contribution < 1.29 is 14.1 Å². The highest BCUT2D eigenvalue weighted by molar-refractivity contribution is 5.98. The number of nitrogens with zero attached hydrogens (tertiary/aromatic N) is 1. The summed E-state index contributed by atoms with van der Waals surface area (Å²) < 4.78 is 12.9. The summed E-state index contributed by atoms with van der Waals surface area (Å²) in [6.45, 7) is 0.689. The molecule has 0 aromatic heterocycles. The standard InChI is InChI=1S/C10H12FN3O3.ClH/c11-7-2-3-9(14(16)17)8(6-7)10(15)13-5-1-4-12;/h2-3,6H,1,4-5,12H2,(H,13,15);1H. The van der Waals surface area contributed by atoms with Gasteiger partial charge in [0, 0.05) is 12.6 Å². The van der Waals surface area contributed by atoms with Gasteiger partial charge in [-0.15, -0.1) is 12.4 Å². The van der Waals surface area contributed by atoms with Crippen LogP contribution in [0.1, 0.15) is 16.8 Å². The third-order valence-electron chi connectivity index (χ3n) is 2.07. The quantitative estimate of drug-likeness (QED) is 0.480. The van der Waals surface area contributed by atoms with Crippen LogP contribution in [0.3, 0.4) is 0 Å². The van der Waals surface area contributed by atoms with Crippen molar-refractivity contribution in [3.8, 4) is 0 Å². The highest BCUT2D eigenvalue weighted by Crippen LogP contribution is 2.19. The molecule has 1 rings (SSSR count). The summed E-state index contributed by atoms with van der Waals surface area (Å²) in [6, 6.07) is 2.75. The lowest BCUT2D eigenvalue weighted by Gasteiger charge is -2.04. The van der Waals surface area contributed by atoms with Gasteiger partial charge in [0.1, 0.15) is 11.4 Å². The average molecular weight is 278 g/mol. The van der Waals surface area contributed by atoms with Gasteiger partial charge in [0.05, 0.1) is 4.92 Å². The molecule has 18 heavy (non-hydrogen) atoms. The number of rotatable bonds is 5. The minimum absolute atomic E-state index is 0. The molecule has 1 aromatic rings. The van der Waals surface area contributed by atoms with E-state index in [0.29, 0.717) is 19.5 Å². The molecule has 100 valence electrons. The van der Waals surface area contributed by atoms with Crippen LogP contribution < -0.4 is 11.1 Å². The highest BCUT2D eigenvalue weighted by atomic mass is 35.5. The van der Waals surface area contributed by atoms with Gasteiger partial charge in [0.15, 0.2) is 0 Å². The van der Waals surface area contributed by atoms with Gasteiger partial charge in [-0.3, -0.25) is 14.9 Å². The number of carbonyl (C=O) groups is 1. The summed E-state index contributed by atoms with van der Waals surface area (Å²) in [5, 5.41) is 13.1. The molecule has 0 atom stereocenters. The van der Waals surface area contributed by atoms with Crippen molar-refractivity contribution in [2.45, 2.75) is 6.42 Å². The number of benzene rings is 1. The molecular weight excluding hydrogens is 265 g/mol. The molecule has 0 saturated heterocycles. The maximum Gasteiger partial charge on any atom is 0.282 e. The van der Waals surface area contributed by atoms with Crippen LogP contribution in [0.5, 0.6) is 0 Å². The van der Waals surface area contributed by atoms with E-state index < -0.39 is 22.3 Å². The second-order valence-corrected chi connectivity index (χ2v) is 3.32. The lowest BCUT2D eigenvalue weighted by atomic mass is 10.1. The van der Waals surface area contributed by atoms with Gasteiger partial charge in [-0.1, -0.05) is 0 Å². The maximum atomic E-state index is 12.9. The molecule has 0 heterocycles. The Bertz CT molecular complexity index is 442. The Morgan fingerprint density at radius 1 is 1.50 bits per heavy atom. The molecular formula is C10H13ClFN3O3. The van der Waals surface area contributed by atoms with Crippen LogP contribution in [0.4, 0.5) is 10.1 Å². The first-order chi connectivity index (χ1) is 8.06. The Morgan fingerprint density at radius 2 is 2.17 bits per heavy atom. The van der Waals surface area contributed by atoms with Crippen LogP contribution in [-0.4, -0.2) is 23.9 Å². The van der Waals surface area contributed by atoms with E-state index in [1.807, 2.05) is 0 Å². The van der Waals surface area contributed by atoms with Crippen molar-refractivity contribution >= 4 is 24.0 Å². The van der Waals surface area contributed by atoms with Crippen molar-refractivity contribution in [2.75, 3.05) is 13.1 Å².